The van der Waals surface area contributed by atoms with E-state index in [4.69, 9.17) is 0 Å². The first-order valence-electron chi connectivity index (χ1n) is 8.44. The Morgan fingerprint density at radius 1 is 1.11 bits per heavy atom. The van der Waals surface area contributed by atoms with E-state index in [9.17, 15) is 13.2 Å². The van der Waals surface area contributed by atoms with Crippen molar-refractivity contribution in [1.29, 1.82) is 0 Å². The van der Waals surface area contributed by atoms with Crippen LogP contribution in [0.3, 0.4) is 0 Å². The maximum atomic E-state index is 13.2. The molecule has 0 N–H and O–H groups in total. The summed E-state index contributed by atoms with van der Waals surface area (Å²) in [5, 5.41) is 0. The highest BCUT2D eigenvalue weighted by molar-refractivity contribution is 7.91. The van der Waals surface area contributed by atoms with Gasteiger partial charge in [-0.15, -0.1) is 17.9 Å². The summed E-state index contributed by atoms with van der Waals surface area (Å²) >= 11 is 1.35. The van der Waals surface area contributed by atoms with E-state index in [0.717, 1.165) is 10.6 Å². The second-order valence-electron chi connectivity index (χ2n) is 6.26. The van der Waals surface area contributed by atoms with Gasteiger partial charge >= 0.3 is 0 Å². The highest BCUT2D eigenvalue weighted by atomic mass is 32.2. The van der Waals surface area contributed by atoms with Crippen LogP contribution in [0.2, 0.25) is 0 Å². The van der Waals surface area contributed by atoms with Crippen molar-refractivity contribution in [2.75, 3.05) is 11.4 Å². The number of hydrogen-bond donors (Lipinski definition) is 0. The average molecular weight is 396 g/mol. The molecule has 3 aromatic rings. The van der Waals surface area contributed by atoms with Crippen LogP contribution in [0.4, 0.5) is 5.69 Å². The minimum atomic E-state index is -3.38. The van der Waals surface area contributed by atoms with E-state index in [1.807, 2.05) is 36.4 Å². The van der Waals surface area contributed by atoms with Gasteiger partial charge in [0.1, 0.15) is 0 Å². The Balaban J connectivity index is 1.79. The molecule has 0 aliphatic carbocycles. The predicted molar refractivity (Wildman–Crippen MR) is 109 cm³/mol. The molecule has 0 radical (unpaired) electrons. The smallest absolute Gasteiger partial charge is 0.268 e. The molecule has 2 aromatic carbocycles. The average Bonchev–Trinajstić information content (AvgIpc) is 3.10. The van der Waals surface area contributed by atoms with Crippen LogP contribution in [0.1, 0.15) is 15.2 Å². The van der Waals surface area contributed by atoms with Gasteiger partial charge < -0.3 is 4.90 Å². The second kappa shape index (κ2) is 6.79. The molecule has 0 bridgehead atoms. The standard InChI is InChI=1S/C21H17NO3S2/c1-2-12-22(16-8-4-3-5-9-16)21(23)18-13-15-14-27(24,25)19-11-7-6-10-17(19)20(15)26-18/h2-11,13H,1,12,14H2. The molecular weight excluding hydrogens is 378 g/mol. The summed E-state index contributed by atoms with van der Waals surface area (Å²) in [5.74, 6) is -0.231. The molecular formula is C21H17NO3S2. The van der Waals surface area contributed by atoms with E-state index >= 15 is 0 Å². The van der Waals surface area contributed by atoms with Gasteiger partial charge in [0.25, 0.3) is 5.91 Å². The monoisotopic (exact) mass is 395 g/mol. The van der Waals surface area contributed by atoms with Crippen LogP contribution in [-0.2, 0) is 15.6 Å². The summed E-state index contributed by atoms with van der Waals surface area (Å²) in [4.78, 5) is 16.5. The lowest BCUT2D eigenvalue weighted by Gasteiger charge is -2.20. The summed E-state index contributed by atoms with van der Waals surface area (Å²) in [6, 6.07) is 18.1. The molecule has 0 spiro atoms. The maximum absolute atomic E-state index is 13.2. The Labute approximate surface area is 162 Å². The first-order chi connectivity index (χ1) is 13.0. The molecule has 6 heteroatoms. The number of thiophene rings is 1. The van der Waals surface area contributed by atoms with Crippen LogP contribution in [-0.4, -0.2) is 20.9 Å². The van der Waals surface area contributed by atoms with E-state index in [-0.39, 0.29) is 11.7 Å². The van der Waals surface area contributed by atoms with E-state index in [0.29, 0.717) is 27.4 Å². The topological polar surface area (TPSA) is 54.5 Å². The Hall–Kier alpha value is -2.70. The van der Waals surface area contributed by atoms with Crippen molar-refractivity contribution in [1.82, 2.24) is 0 Å². The van der Waals surface area contributed by atoms with Gasteiger partial charge in [-0.2, -0.15) is 0 Å². The van der Waals surface area contributed by atoms with Gasteiger partial charge in [0.15, 0.2) is 9.84 Å². The number of rotatable bonds is 4. The molecule has 0 atom stereocenters. The summed E-state index contributed by atoms with van der Waals surface area (Å²) in [6.07, 6.45) is 1.68. The maximum Gasteiger partial charge on any atom is 0.268 e. The fourth-order valence-corrected chi connectivity index (χ4v) is 6.16. The van der Waals surface area contributed by atoms with Gasteiger partial charge in [-0.1, -0.05) is 42.5 Å². The van der Waals surface area contributed by atoms with Crippen LogP contribution in [0.5, 0.6) is 0 Å². The van der Waals surface area contributed by atoms with Crippen LogP contribution >= 0.6 is 11.3 Å². The molecule has 4 nitrogen and oxygen atoms in total. The van der Waals surface area contributed by atoms with Crippen molar-refractivity contribution in [2.45, 2.75) is 10.6 Å². The summed E-state index contributed by atoms with van der Waals surface area (Å²) < 4.78 is 25.1. The minimum Gasteiger partial charge on any atom is -0.304 e. The molecule has 0 saturated heterocycles. The van der Waals surface area contributed by atoms with Crippen molar-refractivity contribution in [3.63, 3.8) is 0 Å². The Kier molecular flexibility index (Phi) is 4.45. The number of amides is 1. The second-order valence-corrected chi connectivity index (χ2v) is 9.27. The lowest BCUT2D eigenvalue weighted by atomic mass is 10.1. The van der Waals surface area contributed by atoms with Gasteiger partial charge in [0.05, 0.1) is 15.5 Å². The highest BCUT2D eigenvalue weighted by Gasteiger charge is 2.31. The van der Waals surface area contributed by atoms with E-state index in [1.54, 1.807) is 35.2 Å². The summed E-state index contributed by atoms with van der Waals surface area (Å²) in [7, 11) is -3.38. The molecule has 27 heavy (non-hydrogen) atoms. The normalized spacial score (nSPS) is 14.1. The largest absolute Gasteiger partial charge is 0.304 e. The third kappa shape index (κ3) is 3.11. The molecule has 136 valence electrons. The van der Waals surface area contributed by atoms with Crippen molar-refractivity contribution < 1.29 is 13.2 Å². The molecule has 1 amide bonds. The van der Waals surface area contributed by atoms with Gasteiger partial charge in [0.2, 0.25) is 0 Å². The van der Waals surface area contributed by atoms with Crippen LogP contribution in [0.25, 0.3) is 10.4 Å². The van der Waals surface area contributed by atoms with Crippen molar-refractivity contribution >= 4 is 32.8 Å². The number of anilines is 1. The molecule has 1 aromatic heterocycles. The van der Waals surface area contributed by atoms with Crippen LogP contribution in [0, 0.1) is 0 Å². The fraction of sp³-hybridized carbons (Fsp3) is 0.0952. The number of benzene rings is 2. The van der Waals surface area contributed by atoms with Gasteiger partial charge in [-0.05, 0) is 29.8 Å². The van der Waals surface area contributed by atoms with Gasteiger partial charge in [0, 0.05) is 22.7 Å². The van der Waals surface area contributed by atoms with E-state index in [2.05, 4.69) is 6.58 Å². The minimum absolute atomic E-state index is 0.0735. The lowest BCUT2D eigenvalue weighted by molar-refractivity contribution is 0.0993. The molecule has 4 rings (SSSR count). The summed E-state index contributed by atoms with van der Waals surface area (Å²) in [5.41, 5.74) is 2.15. The third-order valence-corrected chi connectivity index (χ3v) is 7.37. The molecule has 2 heterocycles. The molecule has 0 saturated carbocycles. The fourth-order valence-electron chi connectivity index (χ4n) is 3.25. The number of carbonyl (C=O) groups is 1. The first kappa shape index (κ1) is 17.7. The van der Waals surface area contributed by atoms with Crippen molar-refractivity contribution in [3.8, 4) is 10.4 Å². The Morgan fingerprint density at radius 2 is 1.81 bits per heavy atom. The molecule has 0 fully saturated rings. The summed E-state index contributed by atoms with van der Waals surface area (Å²) in [6.45, 7) is 4.12. The SMILES string of the molecule is C=CCN(C(=O)c1cc2c(s1)-c1ccccc1S(=O)(=O)C2)c1ccccc1. The first-order valence-corrected chi connectivity index (χ1v) is 10.9. The van der Waals surface area contributed by atoms with Crippen LogP contribution < -0.4 is 4.90 Å². The van der Waals surface area contributed by atoms with Gasteiger partial charge in [-0.3, -0.25) is 4.79 Å². The number of para-hydroxylation sites is 1. The molecule has 0 unspecified atom stereocenters. The lowest BCUT2D eigenvalue weighted by Crippen LogP contribution is -2.30. The van der Waals surface area contributed by atoms with Crippen molar-refractivity contribution in [3.05, 3.63) is 83.8 Å². The number of hydrogen-bond acceptors (Lipinski definition) is 4. The van der Waals surface area contributed by atoms with Gasteiger partial charge in [-0.25, -0.2) is 8.42 Å². The Morgan fingerprint density at radius 3 is 2.56 bits per heavy atom. The molecule has 1 aliphatic rings. The number of nitrogens with zero attached hydrogens (tertiary/aromatic N) is 1. The number of carbonyl (C=O) groups excluding carboxylic acids is 1. The third-order valence-electron chi connectivity index (χ3n) is 4.46. The number of fused-ring (bicyclic) bond motifs is 3. The highest BCUT2D eigenvalue weighted by Crippen LogP contribution is 2.43. The zero-order chi connectivity index (χ0) is 19.0. The molecule has 1 aliphatic heterocycles. The zero-order valence-corrected chi connectivity index (χ0v) is 16.1. The Bertz CT molecular complexity index is 1130. The van der Waals surface area contributed by atoms with Crippen molar-refractivity contribution in [2.24, 2.45) is 0 Å². The van der Waals surface area contributed by atoms with Crippen LogP contribution in [0.15, 0.2) is 78.2 Å². The zero-order valence-electron chi connectivity index (χ0n) is 14.5. The van der Waals surface area contributed by atoms with E-state index < -0.39 is 9.84 Å². The van der Waals surface area contributed by atoms with E-state index in [1.165, 1.54) is 11.3 Å². The predicted octanol–water partition coefficient (Wildman–Crippen LogP) is 4.54. The number of sulfone groups is 1. The quantitative estimate of drug-likeness (QED) is 0.610.